The first-order valence-corrected chi connectivity index (χ1v) is 11.1. The molecular weight excluding hydrogens is 367 g/mol. The van der Waals surface area contributed by atoms with E-state index >= 15 is 0 Å². The van der Waals surface area contributed by atoms with Gasteiger partial charge in [0.05, 0.1) is 6.61 Å². The zero-order valence-corrected chi connectivity index (χ0v) is 18.7. The average molecular weight is 401 g/mol. The number of halogens is 1. The molecule has 28 heavy (non-hydrogen) atoms. The van der Waals surface area contributed by atoms with E-state index in [4.69, 9.17) is 4.74 Å². The van der Waals surface area contributed by atoms with E-state index in [-0.39, 0.29) is 5.82 Å². The highest BCUT2D eigenvalue weighted by molar-refractivity contribution is 7.98. The van der Waals surface area contributed by atoms with E-state index in [1.165, 1.54) is 23.3 Å². The van der Waals surface area contributed by atoms with Crippen LogP contribution in [0.5, 0.6) is 5.75 Å². The van der Waals surface area contributed by atoms with Gasteiger partial charge in [-0.3, -0.25) is 0 Å². The smallest absolute Gasteiger partial charge is 0.123 e. The summed E-state index contributed by atoms with van der Waals surface area (Å²) in [5.41, 5.74) is 5.54. The van der Waals surface area contributed by atoms with Gasteiger partial charge >= 0.3 is 0 Å². The molecule has 2 rings (SSSR count). The van der Waals surface area contributed by atoms with Crippen LogP contribution in [0.2, 0.25) is 0 Å². The number of thioether (sulfide) groups is 1. The molecule has 0 bridgehead atoms. The Balaban J connectivity index is 0.00000190. The maximum absolute atomic E-state index is 13.2. The third-order valence-electron chi connectivity index (χ3n) is 4.03. The van der Waals surface area contributed by atoms with E-state index in [0.29, 0.717) is 6.61 Å². The first-order chi connectivity index (χ1) is 13.5. The summed E-state index contributed by atoms with van der Waals surface area (Å²) in [6.45, 7) is 15.1. The normalized spacial score (nSPS) is 9.93. The number of allylic oxidation sites excluding steroid dienone is 2. The molecule has 0 amide bonds. The van der Waals surface area contributed by atoms with Gasteiger partial charge in [0.25, 0.3) is 0 Å². The van der Waals surface area contributed by atoms with Crippen LogP contribution in [-0.4, -0.2) is 12.4 Å². The molecule has 0 saturated heterocycles. The van der Waals surface area contributed by atoms with Crippen LogP contribution in [0.25, 0.3) is 5.57 Å². The molecule has 0 aromatic heterocycles. The molecule has 0 aliphatic rings. The topological polar surface area (TPSA) is 9.23 Å². The third-order valence-corrected chi connectivity index (χ3v) is 4.98. The van der Waals surface area contributed by atoms with Crippen LogP contribution in [-0.2, 0) is 5.75 Å². The SMILES string of the molecule is C=C(CCOc1cccc(CSCC)c1)C(=C(C)C)c1ccc(F)cc1.CC. The Labute approximate surface area is 174 Å². The Morgan fingerprint density at radius 3 is 2.36 bits per heavy atom. The van der Waals surface area contributed by atoms with Crippen molar-refractivity contribution in [2.45, 2.75) is 46.8 Å². The molecule has 0 spiro atoms. The highest BCUT2D eigenvalue weighted by atomic mass is 32.2. The lowest BCUT2D eigenvalue weighted by atomic mass is 9.93. The minimum Gasteiger partial charge on any atom is -0.493 e. The maximum atomic E-state index is 13.2. The van der Waals surface area contributed by atoms with Crippen molar-refractivity contribution in [2.75, 3.05) is 12.4 Å². The second-order valence-corrected chi connectivity index (χ2v) is 7.64. The Hall–Kier alpha value is -2.00. The lowest BCUT2D eigenvalue weighted by Crippen LogP contribution is -2.01. The van der Waals surface area contributed by atoms with Crippen LogP contribution in [0.4, 0.5) is 4.39 Å². The van der Waals surface area contributed by atoms with Crippen molar-refractivity contribution in [3.63, 3.8) is 0 Å². The quantitative estimate of drug-likeness (QED) is 0.395. The van der Waals surface area contributed by atoms with Crippen molar-refractivity contribution < 1.29 is 9.13 Å². The molecule has 0 saturated carbocycles. The predicted octanol–water partition coefficient (Wildman–Crippen LogP) is 7.92. The number of ether oxygens (including phenoxy) is 1. The molecule has 3 heteroatoms. The third kappa shape index (κ3) is 7.93. The Bertz CT molecular complexity index is 758. The molecule has 0 fully saturated rings. The molecule has 0 unspecified atom stereocenters. The van der Waals surface area contributed by atoms with E-state index in [1.54, 1.807) is 12.1 Å². The number of hydrogen-bond donors (Lipinski definition) is 0. The van der Waals surface area contributed by atoms with Crippen LogP contribution in [0.3, 0.4) is 0 Å². The van der Waals surface area contributed by atoms with Crippen LogP contribution >= 0.6 is 11.8 Å². The van der Waals surface area contributed by atoms with Gasteiger partial charge in [-0.15, -0.1) is 0 Å². The highest BCUT2D eigenvalue weighted by Crippen LogP contribution is 2.28. The Kier molecular flexibility index (Phi) is 11.4. The molecule has 0 atom stereocenters. The molecule has 2 aromatic carbocycles. The van der Waals surface area contributed by atoms with Crippen LogP contribution in [0.15, 0.2) is 66.3 Å². The van der Waals surface area contributed by atoms with Gasteiger partial charge in [0.2, 0.25) is 0 Å². The zero-order chi connectivity index (χ0) is 20.9. The van der Waals surface area contributed by atoms with Gasteiger partial charge in [-0.2, -0.15) is 11.8 Å². The van der Waals surface area contributed by atoms with Crippen LogP contribution in [0, 0.1) is 5.82 Å². The van der Waals surface area contributed by atoms with Crippen molar-refractivity contribution in [3.8, 4) is 5.75 Å². The lowest BCUT2D eigenvalue weighted by molar-refractivity contribution is 0.323. The average Bonchev–Trinajstić information content (AvgIpc) is 2.70. The number of hydrogen-bond acceptors (Lipinski definition) is 2. The fourth-order valence-corrected chi connectivity index (χ4v) is 3.44. The summed E-state index contributed by atoms with van der Waals surface area (Å²) in [6, 6.07) is 14.8. The molecule has 0 heterocycles. The highest BCUT2D eigenvalue weighted by Gasteiger charge is 2.09. The fraction of sp³-hybridized carbons (Fsp3) is 0.360. The molecule has 0 aliphatic carbocycles. The fourth-order valence-electron chi connectivity index (χ4n) is 2.82. The zero-order valence-electron chi connectivity index (χ0n) is 17.8. The van der Waals surface area contributed by atoms with Crippen molar-refractivity contribution in [2.24, 2.45) is 0 Å². The molecule has 0 aliphatic heterocycles. The molecule has 0 radical (unpaired) electrons. The van der Waals surface area contributed by atoms with Gasteiger partial charge in [0.1, 0.15) is 11.6 Å². The van der Waals surface area contributed by atoms with E-state index in [2.05, 4.69) is 39.5 Å². The molecular formula is C25H33FOS. The van der Waals surface area contributed by atoms with Crippen LogP contribution < -0.4 is 4.74 Å². The minimum absolute atomic E-state index is 0.225. The van der Waals surface area contributed by atoms with Gasteiger partial charge < -0.3 is 4.74 Å². The number of rotatable bonds is 9. The summed E-state index contributed by atoms with van der Waals surface area (Å²) in [5, 5.41) is 0. The van der Waals surface area contributed by atoms with E-state index < -0.39 is 0 Å². The van der Waals surface area contributed by atoms with E-state index in [1.807, 2.05) is 37.7 Å². The Morgan fingerprint density at radius 2 is 1.75 bits per heavy atom. The van der Waals surface area contributed by atoms with E-state index in [9.17, 15) is 4.39 Å². The van der Waals surface area contributed by atoms with Gasteiger partial charge in [-0.05, 0) is 66.1 Å². The second kappa shape index (κ2) is 13.2. The predicted molar refractivity (Wildman–Crippen MR) is 124 cm³/mol. The first kappa shape index (κ1) is 24.0. The van der Waals surface area contributed by atoms with Gasteiger partial charge in [-0.25, -0.2) is 4.39 Å². The van der Waals surface area contributed by atoms with E-state index in [0.717, 1.165) is 40.4 Å². The van der Waals surface area contributed by atoms with Crippen molar-refractivity contribution >= 4 is 17.3 Å². The standard InChI is InChI=1S/C23H27FOS.C2H6/c1-5-26-16-19-7-6-8-22(15-19)25-14-13-18(4)23(17(2)3)20-9-11-21(24)12-10-20;1-2/h6-12,15H,4-5,13-14,16H2,1-3H3;1-2H3. The minimum atomic E-state index is -0.225. The Morgan fingerprint density at radius 1 is 1.07 bits per heavy atom. The van der Waals surface area contributed by atoms with Gasteiger partial charge in [-0.1, -0.05) is 57.2 Å². The lowest BCUT2D eigenvalue weighted by Gasteiger charge is -2.15. The molecule has 1 nitrogen and oxygen atoms in total. The summed E-state index contributed by atoms with van der Waals surface area (Å²) < 4.78 is 19.1. The van der Waals surface area contributed by atoms with Crippen molar-refractivity contribution in [1.82, 2.24) is 0 Å². The molecule has 0 N–H and O–H groups in total. The summed E-state index contributed by atoms with van der Waals surface area (Å²) in [5.74, 6) is 2.79. The maximum Gasteiger partial charge on any atom is 0.123 e. The summed E-state index contributed by atoms with van der Waals surface area (Å²) in [7, 11) is 0. The largest absolute Gasteiger partial charge is 0.493 e. The summed E-state index contributed by atoms with van der Waals surface area (Å²) in [4.78, 5) is 0. The summed E-state index contributed by atoms with van der Waals surface area (Å²) in [6.07, 6.45) is 0.728. The number of benzene rings is 2. The molecule has 2 aromatic rings. The van der Waals surface area contributed by atoms with Gasteiger partial charge in [0, 0.05) is 12.2 Å². The van der Waals surface area contributed by atoms with Crippen molar-refractivity contribution in [3.05, 3.63) is 83.2 Å². The summed E-state index contributed by atoms with van der Waals surface area (Å²) >= 11 is 1.90. The first-order valence-electron chi connectivity index (χ1n) is 9.92. The molecule has 152 valence electrons. The van der Waals surface area contributed by atoms with Gasteiger partial charge in [0.15, 0.2) is 0 Å². The second-order valence-electron chi connectivity index (χ2n) is 6.37. The van der Waals surface area contributed by atoms with Crippen LogP contribution in [0.1, 0.15) is 52.2 Å². The monoisotopic (exact) mass is 400 g/mol. The van der Waals surface area contributed by atoms with Crippen molar-refractivity contribution in [1.29, 1.82) is 0 Å².